The Kier molecular flexibility index (Phi) is 4.45. The van der Waals surface area contributed by atoms with Crippen LogP contribution < -0.4 is 4.74 Å². The SMILES string of the molecule is CCOC(=O)[C@@H]1C(=O)Oc2ccccc2[C@H]1C1SCCS1. The highest BCUT2D eigenvalue weighted by atomic mass is 32.2. The van der Waals surface area contributed by atoms with Gasteiger partial charge in [-0.05, 0) is 13.0 Å². The maximum Gasteiger partial charge on any atom is 0.326 e. The van der Waals surface area contributed by atoms with Crippen LogP contribution in [-0.2, 0) is 14.3 Å². The van der Waals surface area contributed by atoms with E-state index in [0.29, 0.717) is 5.75 Å². The van der Waals surface area contributed by atoms with Crippen LogP contribution in [0.15, 0.2) is 24.3 Å². The zero-order valence-corrected chi connectivity index (χ0v) is 13.2. The van der Waals surface area contributed by atoms with E-state index in [0.717, 1.165) is 17.1 Å². The second kappa shape index (κ2) is 6.32. The van der Waals surface area contributed by atoms with E-state index in [1.54, 1.807) is 36.5 Å². The molecule has 0 amide bonds. The van der Waals surface area contributed by atoms with Crippen molar-refractivity contribution in [2.45, 2.75) is 17.4 Å². The summed E-state index contributed by atoms with van der Waals surface area (Å²) in [4.78, 5) is 24.5. The zero-order valence-electron chi connectivity index (χ0n) is 11.6. The van der Waals surface area contributed by atoms with Crippen LogP contribution in [0.5, 0.6) is 5.75 Å². The highest BCUT2D eigenvalue weighted by Crippen LogP contribution is 2.50. The highest BCUT2D eigenvalue weighted by Gasteiger charge is 2.48. The normalized spacial score (nSPS) is 25.3. The van der Waals surface area contributed by atoms with Crippen LogP contribution in [0.4, 0.5) is 0 Å². The van der Waals surface area contributed by atoms with Crippen LogP contribution >= 0.6 is 23.5 Å². The van der Waals surface area contributed by atoms with Crippen LogP contribution in [0.1, 0.15) is 18.4 Å². The molecule has 21 heavy (non-hydrogen) atoms. The first-order valence-electron chi connectivity index (χ1n) is 6.93. The number of hydrogen-bond donors (Lipinski definition) is 0. The maximum absolute atomic E-state index is 12.3. The first kappa shape index (κ1) is 14.8. The Morgan fingerprint density at radius 3 is 2.76 bits per heavy atom. The molecule has 3 rings (SSSR count). The fraction of sp³-hybridized carbons (Fsp3) is 0.467. The van der Waals surface area contributed by atoms with Crippen molar-refractivity contribution in [2.24, 2.45) is 5.92 Å². The molecule has 0 spiro atoms. The van der Waals surface area contributed by atoms with E-state index in [1.807, 2.05) is 18.2 Å². The molecular formula is C15H16O4S2. The van der Waals surface area contributed by atoms with Crippen molar-refractivity contribution in [3.8, 4) is 5.75 Å². The number of esters is 2. The quantitative estimate of drug-likeness (QED) is 0.484. The Bertz CT molecular complexity index is 554. The molecule has 1 saturated heterocycles. The molecule has 0 radical (unpaired) electrons. The standard InChI is InChI=1S/C15H16O4S2/c1-2-18-13(16)12-11(15-20-7-8-21-15)9-5-3-4-6-10(9)19-14(12)17/h3-6,11-12,15H,2,7-8H2,1H3/t11-,12-/m1/s1. The molecule has 1 aromatic rings. The number of ether oxygens (including phenoxy) is 2. The Morgan fingerprint density at radius 1 is 1.33 bits per heavy atom. The molecule has 2 aliphatic rings. The number of thioether (sulfide) groups is 2. The number of fused-ring (bicyclic) bond motifs is 1. The van der Waals surface area contributed by atoms with Crippen molar-refractivity contribution >= 4 is 35.5 Å². The van der Waals surface area contributed by atoms with Crippen molar-refractivity contribution in [3.63, 3.8) is 0 Å². The second-order valence-electron chi connectivity index (χ2n) is 4.82. The number of carbonyl (C=O) groups excluding carboxylic acids is 2. The molecule has 1 fully saturated rings. The first-order chi connectivity index (χ1) is 10.2. The van der Waals surface area contributed by atoms with Gasteiger partial charge in [-0.25, -0.2) is 0 Å². The summed E-state index contributed by atoms with van der Waals surface area (Å²) in [6.07, 6.45) is 0. The average Bonchev–Trinajstić information content (AvgIpc) is 2.99. The van der Waals surface area contributed by atoms with Gasteiger partial charge in [-0.3, -0.25) is 9.59 Å². The lowest BCUT2D eigenvalue weighted by atomic mass is 9.84. The van der Waals surface area contributed by atoms with Crippen LogP contribution in [0.25, 0.3) is 0 Å². The molecular weight excluding hydrogens is 308 g/mol. The van der Waals surface area contributed by atoms with Crippen molar-refractivity contribution in [3.05, 3.63) is 29.8 Å². The van der Waals surface area contributed by atoms with Crippen molar-refractivity contribution in [1.82, 2.24) is 0 Å². The Balaban J connectivity index is 2.01. The molecule has 2 heterocycles. The van der Waals surface area contributed by atoms with Gasteiger partial charge in [0.15, 0.2) is 5.92 Å². The Hall–Kier alpha value is -1.14. The molecule has 2 atom stereocenters. The summed E-state index contributed by atoms with van der Waals surface area (Å²) >= 11 is 3.60. The summed E-state index contributed by atoms with van der Waals surface area (Å²) in [5.41, 5.74) is 0.932. The molecule has 0 aromatic heterocycles. The van der Waals surface area contributed by atoms with Crippen LogP contribution in [0.2, 0.25) is 0 Å². The van der Waals surface area contributed by atoms with Gasteiger partial charge in [-0.15, -0.1) is 23.5 Å². The lowest BCUT2D eigenvalue weighted by Gasteiger charge is -2.33. The molecule has 0 saturated carbocycles. The van der Waals surface area contributed by atoms with Crippen molar-refractivity contribution in [2.75, 3.05) is 18.1 Å². The molecule has 2 aliphatic heterocycles. The van der Waals surface area contributed by atoms with Gasteiger partial charge in [-0.2, -0.15) is 0 Å². The predicted molar refractivity (Wildman–Crippen MR) is 83.6 cm³/mol. The summed E-state index contributed by atoms with van der Waals surface area (Å²) in [6.45, 7) is 2.01. The van der Waals surface area contributed by atoms with Gasteiger partial charge in [0.1, 0.15) is 5.75 Å². The largest absolute Gasteiger partial charge is 0.465 e. The molecule has 0 bridgehead atoms. The third-order valence-electron chi connectivity index (χ3n) is 3.58. The summed E-state index contributed by atoms with van der Waals surface area (Å²) < 4.78 is 10.6. The van der Waals surface area contributed by atoms with E-state index in [4.69, 9.17) is 9.47 Å². The summed E-state index contributed by atoms with van der Waals surface area (Å²) in [5.74, 6) is 0.639. The average molecular weight is 324 g/mol. The van der Waals surface area contributed by atoms with E-state index in [2.05, 4.69) is 0 Å². The van der Waals surface area contributed by atoms with Gasteiger partial charge in [0.05, 0.1) is 11.2 Å². The summed E-state index contributed by atoms with van der Waals surface area (Å²) in [5, 5.41) is 0. The zero-order chi connectivity index (χ0) is 14.8. The van der Waals surface area contributed by atoms with Gasteiger partial charge in [-0.1, -0.05) is 18.2 Å². The number of hydrogen-bond acceptors (Lipinski definition) is 6. The predicted octanol–water partition coefficient (Wildman–Crippen LogP) is 2.67. The molecule has 0 unspecified atom stereocenters. The van der Waals surface area contributed by atoms with Gasteiger partial charge >= 0.3 is 11.9 Å². The molecule has 0 aliphatic carbocycles. The number of benzene rings is 1. The smallest absolute Gasteiger partial charge is 0.326 e. The fourth-order valence-corrected chi connectivity index (χ4v) is 5.93. The summed E-state index contributed by atoms with van der Waals surface area (Å²) in [7, 11) is 0. The fourth-order valence-electron chi connectivity index (χ4n) is 2.71. The van der Waals surface area contributed by atoms with Gasteiger partial charge < -0.3 is 9.47 Å². The second-order valence-corrected chi connectivity index (χ2v) is 7.62. The third-order valence-corrected chi connectivity index (χ3v) is 6.78. The lowest BCUT2D eigenvalue weighted by Crippen LogP contribution is -2.41. The van der Waals surface area contributed by atoms with Gasteiger partial charge in [0, 0.05) is 23.0 Å². The minimum Gasteiger partial charge on any atom is -0.465 e. The van der Waals surface area contributed by atoms with E-state index < -0.39 is 17.9 Å². The maximum atomic E-state index is 12.3. The van der Waals surface area contributed by atoms with Crippen molar-refractivity contribution in [1.29, 1.82) is 0 Å². The topological polar surface area (TPSA) is 52.6 Å². The third kappa shape index (κ3) is 2.79. The Labute approximate surface area is 132 Å². The van der Waals surface area contributed by atoms with E-state index in [1.165, 1.54) is 0 Å². The van der Waals surface area contributed by atoms with Crippen LogP contribution in [-0.4, -0.2) is 34.6 Å². The van der Waals surface area contributed by atoms with E-state index in [9.17, 15) is 9.59 Å². The minimum absolute atomic E-state index is 0.181. The first-order valence-corrected chi connectivity index (χ1v) is 9.02. The lowest BCUT2D eigenvalue weighted by molar-refractivity contribution is -0.159. The molecule has 0 N–H and O–H groups in total. The van der Waals surface area contributed by atoms with Gasteiger partial charge in [0.2, 0.25) is 0 Å². The van der Waals surface area contributed by atoms with E-state index >= 15 is 0 Å². The number of rotatable bonds is 3. The monoisotopic (exact) mass is 324 g/mol. The van der Waals surface area contributed by atoms with Gasteiger partial charge in [0.25, 0.3) is 0 Å². The molecule has 1 aromatic carbocycles. The minimum atomic E-state index is -0.858. The molecule has 6 heteroatoms. The van der Waals surface area contributed by atoms with Crippen molar-refractivity contribution < 1.29 is 19.1 Å². The highest BCUT2D eigenvalue weighted by molar-refractivity contribution is 8.20. The number of para-hydroxylation sites is 1. The van der Waals surface area contributed by atoms with E-state index in [-0.39, 0.29) is 17.1 Å². The van der Waals surface area contributed by atoms with Crippen LogP contribution in [0, 0.1) is 5.92 Å². The molecule has 4 nitrogen and oxygen atoms in total. The Morgan fingerprint density at radius 2 is 2.05 bits per heavy atom. The number of carbonyl (C=O) groups is 2. The summed E-state index contributed by atoms with van der Waals surface area (Å²) in [6, 6.07) is 7.48. The van der Waals surface area contributed by atoms with Crippen LogP contribution in [0.3, 0.4) is 0 Å². The molecule has 112 valence electrons.